The van der Waals surface area contributed by atoms with Gasteiger partial charge < -0.3 is 10.8 Å². The van der Waals surface area contributed by atoms with E-state index >= 15 is 0 Å². The predicted octanol–water partition coefficient (Wildman–Crippen LogP) is 1.90. The Morgan fingerprint density at radius 3 is 2.28 bits per heavy atom. The summed E-state index contributed by atoms with van der Waals surface area (Å²) in [6, 6.07) is 15.2. The summed E-state index contributed by atoms with van der Waals surface area (Å²) in [6.45, 7) is 1.24. The Kier molecular flexibility index (Phi) is 7.89. The van der Waals surface area contributed by atoms with Crippen molar-refractivity contribution >= 4 is 29.0 Å². The number of hydrogen-bond donors (Lipinski definition) is 3. The van der Waals surface area contributed by atoms with Crippen LogP contribution < -0.4 is 16.6 Å². The van der Waals surface area contributed by atoms with Crippen LogP contribution in [0.1, 0.15) is 22.8 Å². The lowest BCUT2D eigenvalue weighted by Crippen LogP contribution is -2.35. The van der Waals surface area contributed by atoms with Gasteiger partial charge in [0.25, 0.3) is 5.91 Å². The highest BCUT2D eigenvalue weighted by atomic mass is 16.3. The summed E-state index contributed by atoms with van der Waals surface area (Å²) in [6.07, 6.45) is 1.48. The molecular weight excluding hydrogens is 372 g/mol. The van der Waals surface area contributed by atoms with Crippen LogP contribution in [-0.4, -0.2) is 35.9 Å². The third kappa shape index (κ3) is 6.45. The van der Waals surface area contributed by atoms with E-state index in [0.717, 1.165) is 10.6 Å². The minimum Gasteiger partial charge on any atom is -0.398 e. The lowest BCUT2D eigenvalue weighted by atomic mass is 10.1. The number of nitrogens with zero attached hydrogens (tertiary/aromatic N) is 4. The molecule has 0 aromatic heterocycles. The van der Waals surface area contributed by atoms with Crippen LogP contribution in [0.15, 0.2) is 75.9 Å². The van der Waals surface area contributed by atoms with Crippen molar-refractivity contribution in [2.24, 2.45) is 26.8 Å². The second kappa shape index (κ2) is 10.6. The van der Waals surface area contributed by atoms with Crippen molar-refractivity contribution in [3.05, 3.63) is 71.8 Å². The molecule has 5 N–H and O–H groups in total. The first-order chi connectivity index (χ1) is 13.9. The molecule has 0 atom stereocenters. The van der Waals surface area contributed by atoms with E-state index in [4.69, 9.17) is 16.7 Å². The molecule has 0 aliphatic heterocycles. The number of aliphatic imine (C=N–C) groups is 1. The van der Waals surface area contributed by atoms with Gasteiger partial charge >= 0.3 is 0 Å². The largest absolute Gasteiger partial charge is 0.398 e. The molecule has 2 aromatic rings. The maximum absolute atomic E-state index is 12.3. The summed E-state index contributed by atoms with van der Waals surface area (Å²) in [5.74, 6) is 4.77. The molecule has 0 unspecified atom stereocenters. The Morgan fingerprint density at radius 1 is 1.03 bits per heavy atom. The van der Waals surface area contributed by atoms with Crippen molar-refractivity contribution in [2.75, 3.05) is 18.2 Å². The van der Waals surface area contributed by atoms with Gasteiger partial charge in [0.15, 0.2) is 5.84 Å². The first-order valence-corrected chi connectivity index (χ1v) is 8.72. The molecule has 29 heavy (non-hydrogen) atoms. The zero-order chi connectivity index (χ0) is 21.2. The number of rotatable bonds is 6. The summed E-state index contributed by atoms with van der Waals surface area (Å²) in [5.41, 5.74) is 7.90. The van der Waals surface area contributed by atoms with Crippen molar-refractivity contribution in [1.29, 1.82) is 0 Å². The van der Waals surface area contributed by atoms with E-state index in [1.54, 1.807) is 0 Å². The van der Waals surface area contributed by atoms with Crippen LogP contribution in [0.25, 0.3) is 5.70 Å². The van der Waals surface area contributed by atoms with Crippen molar-refractivity contribution in [2.45, 2.75) is 6.92 Å². The number of amidine groups is 1. The van der Waals surface area contributed by atoms with Gasteiger partial charge in [0.1, 0.15) is 0 Å². The van der Waals surface area contributed by atoms with Crippen molar-refractivity contribution < 1.29 is 14.7 Å². The molecule has 0 saturated heterocycles. The number of aliphatic hydroxyl groups is 1. The first kappa shape index (κ1) is 21.6. The van der Waals surface area contributed by atoms with Gasteiger partial charge in [-0.2, -0.15) is 0 Å². The lowest BCUT2D eigenvalue weighted by molar-refractivity contribution is -0.116. The van der Waals surface area contributed by atoms with E-state index in [9.17, 15) is 9.59 Å². The van der Waals surface area contributed by atoms with Gasteiger partial charge in [-0.1, -0.05) is 30.3 Å². The Morgan fingerprint density at radius 2 is 1.69 bits per heavy atom. The number of hydrogen-bond acceptors (Lipinski definition) is 6. The van der Waals surface area contributed by atoms with Crippen LogP contribution >= 0.6 is 0 Å². The fraction of sp³-hybridized carbons (Fsp3) is 0.150. The fourth-order valence-corrected chi connectivity index (χ4v) is 2.22. The number of carbonyl (C=O) groups excluding carboxylic acids is 2. The molecule has 2 rings (SSSR count). The van der Waals surface area contributed by atoms with E-state index in [1.165, 1.54) is 37.3 Å². The van der Waals surface area contributed by atoms with Crippen LogP contribution in [0.4, 0.5) is 5.69 Å². The number of azo groups is 1. The quantitative estimate of drug-likeness (QED) is 0.171. The molecule has 0 spiro atoms. The zero-order valence-corrected chi connectivity index (χ0v) is 15.9. The second-order valence-corrected chi connectivity index (χ2v) is 5.87. The topological polar surface area (TPSA) is 147 Å². The molecule has 0 aliphatic rings. The fourth-order valence-electron chi connectivity index (χ4n) is 2.22. The molecule has 2 amide bonds. The third-order valence-corrected chi connectivity index (χ3v) is 3.74. The summed E-state index contributed by atoms with van der Waals surface area (Å²) in [4.78, 5) is 27.6. The van der Waals surface area contributed by atoms with E-state index < -0.39 is 5.91 Å². The van der Waals surface area contributed by atoms with Crippen molar-refractivity contribution in [3.8, 4) is 0 Å². The minimum absolute atomic E-state index is 0.0905. The molecule has 0 fully saturated rings. The Hall–Kier alpha value is -3.69. The van der Waals surface area contributed by atoms with E-state index in [1.807, 2.05) is 30.3 Å². The average Bonchev–Trinajstić information content (AvgIpc) is 2.75. The third-order valence-electron chi connectivity index (χ3n) is 3.74. The Labute approximate surface area is 168 Å². The molecular formula is C20H22N6O3. The highest BCUT2D eigenvalue weighted by molar-refractivity contribution is 6.01. The smallest absolute Gasteiger partial charge is 0.295 e. The molecule has 0 radical (unpaired) electrons. The SMILES string of the molecule is CC(=O)N(N)c1ccc(C(=O)N=NC(C=C(N)c2ccccc2)=NCCO)cc1. The zero-order valence-electron chi connectivity index (χ0n) is 15.9. The van der Waals surface area contributed by atoms with Crippen LogP contribution in [0.5, 0.6) is 0 Å². The number of hydrazine groups is 1. The minimum atomic E-state index is -0.605. The molecule has 9 nitrogen and oxygen atoms in total. The molecule has 0 bridgehead atoms. The molecule has 0 aliphatic carbocycles. The Balaban J connectivity index is 2.18. The monoisotopic (exact) mass is 394 g/mol. The molecule has 0 heterocycles. The van der Waals surface area contributed by atoms with Gasteiger partial charge in [-0.3, -0.25) is 14.6 Å². The molecule has 2 aromatic carbocycles. The number of amides is 2. The maximum atomic E-state index is 12.3. The summed E-state index contributed by atoms with van der Waals surface area (Å²) in [5, 5.41) is 17.5. The van der Waals surface area contributed by atoms with Crippen LogP contribution in [0.2, 0.25) is 0 Å². The van der Waals surface area contributed by atoms with Crippen LogP contribution in [0, 0.1) is 0 Å². The van der Waals surface area contributed by atoms with Crippen LogP contribution in [0.3, 0.4) is 0 Å². The standard InChI is InChI=1S/C20H22N6O3/c1-14(28)26(22)17-9-7-16(8-10-17)20(29)25-24-19(23-11-12-27)13-18(21)15-5-3-2-4-6-15/h2-10,13,27H,11-12,21-22H2,1H3. The average molecular weight is 394 g/mol. The lowest BCUT2D eigenvalue weighted by Gasteiger charge is -2.13. The number of nitrogens with two attached hydrogens (primary N) is 2. The molecule has 9 heteroatoms. The van der Waals surface area contributed by atoms with Gasteiger partial charge in [0.05, 0.1) is 18.8 Å². The van der Waals surface area contributed by atoms with Crippen molar-refractivity contribution in [1.82, 2.24) is 0 Å². The highest BCUT2D eigenvalue weighted by Crippen LogP contribution is 2.14. The van der Waals surface area contributed by atoms with E-state index in [0.29, 0.717) is 11.4 Å². The van der Waals surface area contributed by atoms with Crippen molar-refractivity contribution in [3.63, 3.8) is 0 Å². The predicted molar refractivity (Wildman–Crippen MR) is 111 cm³/mol. The van der Waals surface area contributed by atoms with Gasteiger partial charge in [-0.25, -0.2) is 10.9 Å². The summed E-state index contributed by atoms with van der Waals surface area (Å²) >= 11 is 0. The van der Waals surface area contributed by atoms with Gasteiger partial charge in [0, 0.05) is 24.3 Å². The van der Waals surface area contributed by atoms with Crippen LogP contribution in [-0.2, 0) is 4.79 Å². The highest BCUT2D eigenvalue weighted by Gasteiger charge is 2.09. The number of anilines is 1. The Bertz CT molecular complexity index is 936. The van der Waals surface area contributed by atoms with Gasteiger partial charge in [0.2, 0.25) is 5.91 Å². The first-order valence-electron chi connectivity index (χ1n) is 8.72. The summed E-state index contributed by atoms with van der Waals surface area (Å²) < 4.78 is 0. The normalized spacial score (nSPS) is 12.2. The van der Waals surface area contributed by atoms with E-state index in [2.05, 4.69) is 15.2 Å². The molecule has 150 valence electrons. The molecule has 0 saturated carbocycles. The van der Waals surface area contributed by atoms with E-state index in [-0.39, 0.29) is 30.5 Å². The number of carbonyl (C=O) groups is 2. The maximum Gasteiger partial charge on any atom is 0.295 e. The summed E-state index contributed by atoms with van der Waals surface area (Å²) in [7, 11) is 0. The van der Waals surface area contributed by atoms with Gasteiger partial charge in [-0.15, -0.1) is 10.2 Å². The second-order valence-electron chi connectivity index (χ2n) is 5.87. The number of aliphatic hydroxyl groups excluding tert-OH is 1. The van der Waals surface area contributed by atoms with Gasteiger partial charge in [-0.05, 0) is 29.8 Å². The number of benzene rings is 2.